The second-order valence-corrected chi connectivity index (χ2v) is 15.8. The Morgan fingerprint density at radius 2 is 0.772 bits per heavy atom. The molecule has 57 heavy (non-hydrogen) atoms. The highest BCUT2D eigenvalue weighted by atomic mass is 16.3. The van der Waals surface area contributed by atoms with Crippen LogP contribution in [0.4, 0.5) is 0 Å². The van der Waals surface area contributed by atoms with Crippen LogP contribution in [0.3, 0.4) is 0 Å². The molecule has 0 aromatic carbocycles. The summed E-state index contributed by atoms with van der Waals surface area (Å²) in [6.07, 6.45) is 70.6. The summed E-state index contributed by atoms with van der Waals surface area (Å²) in [6.45, 7) is 4.22. The number of aliphatic hydroxyl groups excluding tert-OH is 2. The molecule has 0 aromatic rings. The van der Waals surface area contributed by atoms with Gasteiger partial charge < -0.3 is 15.5 Å². The van der Waals surface area contributed by atoms with Crippen LogP contribution in [-0.2, 0) is 4.79 Å². The van der Waals surface area contributed by atoms with Gasteiger partial charge in [0.25, 0.3) is 0 Å². The highest BCUT2D eigenvalue weighted by molar-refractivity contribution is 5.76. The summed E-state index contributed by atoms with van der Waals surface area (Å²) in [6, 6.07) is -0.546. The minimum absolute atomic E-state index is 0.0452. The minimum Gasteiger partial charge on any atom is -0.394 e. The first-order chi connectivity index (χ1) is 28.2. The molecule has 0 rings (SSSR count). The van der Waals surface area contributed by atoms with Crippen LogP contribution >= 0.6 is 0 Å². The number of unbranched alkanes of at least 4 members (excludes halogenated alkanes) is 19. The Labute approximate surface area is 353 Å². The van der Waals surface area contributed by atoms with Gasteiger partial charge >= 0.3 is 0 Å². The Bertz CT molecular complexity index is 1080. The second-order valence-electron chi connectivity index (χ2n) is 15.8. The number of carbonyl (C=O) groups is 1. The van der Waals surface area contributed by atoms with Gasteiger partial charge in [-0.1, -0.05) is 227 Å². The Balaban J connectivity index is 3.60. The molecular formula is C53H91NO3. The molecule has 3 N–H and O–H groups in total. The number of amides is 1. The monoisotopic (exact) mass is 790 g/mol. The van der Waals surface area contributed by atoms with Crippen molar-refractivity contribution in [3.63, 3.8) is 0 Å². The average Bonchev–Trinajstić information content (AvgIpc) is 3.22. The Hall–Kier alpha value is -2.69. The lowest BCUT2D eigenvalue weighted by Crippen LogP contribution is -2.45. The lowest BCUT2D eigenvalue weighted by atomic mass is 10.0. The fourth-order valence-electron chi connectivity index (χ4n) is 6.73. The summed E-state index contributed by atoms with van der Waals surface area (Å²) in [5.41, 5.74) is 0. The molecule has 0 bridgehead atoms. The van der Waals surface area contributed by atoms with Crippen LogP contribution < -0.4 is 5.32 Å². The summed E-state index contributed by atoms with van der Waals surface area (Å²) in [4.78, 5) is 12.4. The maximum Gasteiger partial charge on any atom is 0.220 e. The molecule has 4 nitrogen and oxygen atoms in total. The van der Waals surface area contributed by atoms with Crippen molar-refractivity contribution in [3.8, 4) is 0 Å². The topological polar surface area (TPSA) is 69.6 Å². The first-order valence-corrected chi connectivity index (χ1v) is 23.9. The molecular weight excluding hydrogens is 699 g/mol. The number of hydrogen-bond donors (Lipinski definition) is 3. The van der Waals surface area contributed by atoms with Crippen LogP contribution in [0.15, 0.2) is 97.2 Å². The third kappa shape index (κ3) is 44.3. The van der Waals surface area contributed by atoms with Crippen molar-refractivity contribution in [1.82, 2.24) is 5.32 Å². The predicted molar refractivity (Wildman–Crippen MR) is 253 cm³/mol. The van der Waals surface area contributed by atoms with Crippen molar-refractivity contribution in [2.75, 3.05) is 6.61 Å². The SMILES string of the molecule is CC/C=C\C/C=C\C/C=C\C/C=C\C/C=C\C/C=C\C/C=C\C/C=C\CCCCCCCCCCC(=O)NC(CO)C(O)CCCCCCCCCCCCCC. The molecule has 0 aliphatic rings. The average molecular weight is 790 g/mol. The summed E-state index contributed by atoms with van der Waals surface area (Å²) < 4.78 is 0. The van der Waals surface area contributed by atoms with Gasteiger partial charge in [0.2, 0.25) is 5.91 Å². The van der Waals surface area contributed by atoms with Crippen LogP contribution in [0.25, 0.3) is 0 Å². The zero-order valence-electron chi connectivity index (χ0n) is 37.3. The van der Waals surface area contributed by atoms with Crippen molar-refractivity contribution < 1.29 is 15.0 Å². The number of allylic oxidation sites excluding steroid dienone is 16. The predicted octanol–water partition coefficient (Wildman–Crippen LogP) is 15.4. The number of carbonyl (C=O) groups excluding carboxylic acids is 1. The molecule has 2 atom stereocenters. The molecule has 1 amide bonds. The van der Waals surface area contributed by atoms with E-state index in [0.29, 0.717) is 12.8 Å². The summed E-state index contributed by atoms with van der Waals surface area (Å²) in [5, 5.41) is 23.1. The van der Waals surface area contributed by atoms with Crippen molar-refractivity contribution in [1.29, 1.82) is 0 Å². The van der Waals surface area contributed by atoms with Gasteiger partial charge in [-0.2, -0.15) is 0 Å². The van der Waals surface area contributed by atoms with Crippen molar-refractivity contribution in [2.45, 2.75) is 225 Å². The Morgan fingerprint density at radius 1 is 0.439 bits per heavy atom. The maximum atomic E-state index is 12.4. The van der Waals surface area contributed by atoms with Crippen LogP contribution in [0.1, 0.15) is 213 Å². The summed E-state index contributed by atoms with van der Waals surface area (Å²) in [7, 11) is 0. The molecule has 0 radical (unpaired) electrons. The van der Waals surface area contributed by atoms with Crippen molar-refractivity contribution in [3.05, 3.63) is 97.2 Å². The molecule has 0 spiro atoms. The van der Waals surface area contributed by atoms with E-state index in [1.54, 1.807) is 0 Å². The number of aliphatic hydroxyl groups is 2. The molecule has 0 fully saturated rings. The number of rotatable bonds is 42. The Kier molecular flexibility index (Phi) is 45.4. The molecule has 0 aliphatic heterocycles. The zero-order valence-corrected chi connectivity index (χ0v) is 37.3. The standard InChI is InChI=1S/C53H91NO3/c1-3-5-7-9-11-13-15-17-18-19-20-21-22-23-24-25-26-27-28-29-30-31-32-33-34-35-36-37-39-41-43-45-47-49-53(57)54-51(50-55)52(56)48-46-44-42-40-38-16-14-12-10-8-6-4-2/h5,7,11,13,17-18,20-21,23-24,26-27,29-30,32-33,51-52,55-56H,3-4,6,8-10,12,14-16,19,22,25,28,31,34-50H2,1-2H3,(H,54,57)/b7-5-,13-11-,18-17-,21-20-,24-23-,27-26-,30-29-,33-32-. The lowest BCUT2D eigenvalue weighted by Gasteiger charge is -2.22. The molecule has 2 unspecified atom stereocenters. The van der Waals surface area contributed by atoms with Gasteiger partial charge in [0.1, 0.15) is 0 Å². The van der Waals surface area contributed by atoms with Gasteiger partial charge in [-0.3, -0.25) is 4.79 Å². The number of hydrogen-bond acceptors (Lipinski definition) is 3. The van der Waals surface area contributed by atoms with E-state index in [-0.39, 0.29) is 12.5 Å². The molecule has 326 valence electrons. The number of nitrogens with one attached hydrogen (secondary N) is 1. The van der Waals surface area contributed by atoms with Crippen LogP contribution in [-0.4, -0.2) is 34.9 Å². The van der Waals surface area contributed by atoms with E-state index in [2.05, 4.69) is 116 Å². The van der Waals surface area contributed by atoms with Crippen molar-refractivity contribution >= 4 is 5.91 Å². The first-order valence-electron chi connectivity index (χ1n) is 23.9. The molecule has 0 saturated carbocycles. The van der Waals surface area contributed by atoms with Gasteiger partial charge in [-0.15, -0.1) is 0 Å². The van der Waals surface area contributed by atoms with Crippen LogP contribution in [0.5, 0.6) is 0 Å². The quantitative estimate of drug-likeness (QED) is 0.0426. The molecule has 4 heteroatoms. The van der Waals surface area contributed by atoms with Crippen LogP contribution in [0.2, 0.25) is 0 Å². The lowest BCUT2D eigenvalue weighted by molar-refractivity contribution is -0.123. The van der Waals surface area contributed by atoms with Crippen LogP contribution in [0, 0.1) is 0 Å². The second kappa shape index (κ2) is 47.7. The third-order valence-corrected chi connectivity index (χ3v) is 10.4. The van der Waals surface area contributed by atoms with Gasteiger partial charge in [0.15, 0.2) is 0 Å². The normalized spacial score (nSPS) is 13.8. The summed E-state index contributed by atoms with van der Waals surface area (Å²) >= 11 is 0. The molecule has 0 saturated heterocycles. The van der Waals surface area contributed by atoms with E-state index in [0.717, 1.165) is 77.0 Å². The van der Waals surface area contributed by atoms with E-state index in [9.17, 15) is 15.0 Å². The van der Waals surface area contributed by atoms with E-state index in [1.165, 1.54) is 109 Å². The fraction of sp³-hybridized carbons (Fsp3) is 0.679. The zero-order chi connectivity index (χ0) is 41.4. The highest BCUT2D eigenvalue weighted by Gasteiger charge is 2.20. The third-order valence-electron chi connectivity index (χ3n) is 10.4. The molecule has 0 heterocycles. The van der Waals surface area contributed by atoms with Gasteiger partial charge in [-0.25, -0.2) is 0 Å². The highest BCUT2D eigenvalue weighted by Crippen LogP contribution is 2.15. The minimum atomic E-state index is -0.668. The van der Waals surface area contributed by atoms with E-state index >= 15 is 0 Å². The van der Waals surface area contributed by atoms with Gasteiger partial charge in [0, 0.05) is 6.42 Å². The van der Waals surface area contributed by atoms with Gasteiger partial charge in [-0.05, 0) is 77.0 Å². The smallest absolute Gasteiger partial charge is 0.220 e. The van der Waals surface area contributed by atoms with E-state index in [4.69, 9.17) is 0 Å². The van der Waals surface area contributed by atoms with Gasteiger partial charge in [0.05, 0.1) is 18.8 Å². The van der Waals surface area contributed by atoms with Crippen molar-refractivity contribution in [2.24, 2.45) is 0 Å². The maximum absolute atomic E-state index is 12.4. The Morgan fingerprint density at radius 3 is 1.16 bits per heavy atom. The first kappa shape index (κ1) is 54.3. The summed E-state index contributed by atoms with van der Waals surface area (Å²) in [5.74, 6) is -0.0452. The van der Waals surface area contributed by atoms with E-state index in [1.807, 2.05) is 0 Å². The van der Waals surface area contributed by atoms with E-state index < -0.39 is 12.1 Å². The fourth-order valence-corrected chi connectivity index (χ4v) is 6.73. The largest absolute Gasteiger partial charge is 0.394 e. The molecule has 0 aliphatic carbocycles. The molecule has 0 aromatic heterocycles.